The van der Waals surface area contributed by atoms with Crippen LogP contribution < -0.4 is 0 Å². The minimum absolute atomic E-state index is 0.0329. The summed E-state index contributed by atoms with van der Waals surface area (Å²) in [7, 11) is 0. The van der Waals surface area contributed by atoms with Crippen molar-refractivity contribution in [3.8, 4) is 0 Å². The van der Waals surface area contributed by atoms with Gasteiger partial charge in [-0.15, -0.1) is 0 Å². The molecule has 1 aliphatic carbocycles. The Hall–Kier alpha value is -0.0800. The minimum atomic E-state index is -0.0329. The van der Waals surface area contributed by atoms with Crippen LogP contribution in [0.4, 0.5) is 0 Å². The second-order valence-corrected chi connectivity index (χ2v) is 4.97. The molecule has 0 bridgehead atoms. The molecule has 0 aromatic carbocycles. The maximum Gasteiger partial charge on any atom is 0.0695 e. The molecule has 1 atom stereocenters. The molecule has 2 aliphatic rings. The van der Waals surface area contributed by atoms with E-state index in [-0.39, 0.29) is 6.10 Å². The summed E-state index contributed by atoms with van der Waals surface area (Å²) in [6.45, 7) is 3.36. The Morgan fingerprint density at radius 2 is 1.57 bits per heavy atom. The zero-order chi connectivity index (χ0) is 9.80. The molecule has 0 radical (unpaired) electrons. The number of aliphatic hydroxyl groups is 1. The number of rotatable bonds is 3. The smallest absolute Gasteiger partial charge is 0.0695 e. The standard InChI is InChI=1S/C12H23NO/c14-12(11-6-7-11)10-13-8-4-2-1-3-5-9-13/h11-12,14H,1-10H2. The van der Waals surface area contributed by atoms with E-state index in [0.29, 0.717) is 5.92 Å². The van der Waals surface area contributed by atoms with Crippen LogP contribution in [0.15, 0.2) is 0 Å². The number of hydrogen-bond donors (Lipinski definition) is 1. The van der Waals surface area contributed by atoms with E-state index in [1.54, 1.807) is 0 Å². The van der Waals surface area contributed by atoms with Gasteiger partial charge in [0.2, 0.25) is 0 Å². The van der Waals surface area contributed by atoms with Crippen molar-refractivity contribution < 1.29 is 5.11 Å². The van der Waals surface area contributed by atoms with Crippen LogP contribution in [0, 0.1) is 5.92 Å². The molecule has 14 heavy (non-hydrogen) atoms. The van der Waals surface area contributed by atoms with Crippen molar-refractivity contribution in [2.24, 2.45) is 5.92 Å². The first kappa shape index (κ1) is 10.4. The van der Waals surface area contributed by atoms with Gasteiger partial charge in [-0.1, -0.05) is 19.3 Å². The van der Waals surface area contributed by atoms with Crippen molar-refractivity contribution in [3.63, 3.8) is 0 Å². The number of β-amino-alcohol motifs (C(OH)–C–C–N with tert-alkyl or cyclic N) is 1. The molecule has 2 heteroatoms. The van der Waals surface area contributed by atoms with Crippen LogP contribution in [0.2, 0.25) is 0 Å². The Morgan fingerprint density at radius 1 is 1.00 bits per heavy atom. The van der Waals surface area contributed by atoms with Gasteiger partial charge in [0.15, 0.2) is 0 Å². The monoisotopic (exact) mass is 197 g/mol. The first-order chi connectivity index (χ1) is 6.86. The summed E-state index contributed by atoms with van der Waals surface area (Å²) in [5.41, 5.74) is 0. The van der Waals surface area contributed by atoms with Crippen LogP contribution in [0.1, 0.15) is 44.9 Å². The number of nitrogens with zero attached hydrogens (tertiary/aromatic N) is 1. The highest BCUT2D eigenvalue weighted by molar-refractivity contribution is 4.83. The summed E-state index contributed by atoms with van der Waals surface area (Å²) >= 11 is 0. The summed E-state index contributed by atoms with van der Waals surface area (Å²) in [5, 5.41) is 9.86. The van der Waals surface area contributed by atoms with Crippen molar-refractivity contribution in [1.29, 1.82) is 0 Å². The molecule has 1 N–H and O–H groups in total. The van der Waals surface area contributed by atoms with Gasteiger partial charge in [0, 0.05) is 6.54 Å². The molecule has 82 valence electrons. The third kappa shape index (κ3) is 3.25. The topological polar surface area (TPSA) is 23.5 Å². The van der Waals surface area contributed by atoms with Crippen molar-refractivity contribution >= 4 is 0 Å². The number of likely N-dealkylation sites (tertiary alicyclic amines) is 1. The van der Waals surface area contributed by atoms with Crippen molar-refractivity contribution in [2.75, 3.05) is 19.6 Å². The first-order valence-electron chi connectivity index (χ1n) is 6.26. The van der Waals surface area contributed by atoms with E-state index in [4.69, 9.17) is 0 Å². The second-order valence-electron chi connectivity index (χ2n) is 4.97. The third-order valence-corrected chi connectivity index (χ3v) is 3.56. The Kier molecular flexibility index (Phi) is 3.82. The molecule has 1 saturated heterocycles. The van der Waals surface area contributed by atoms with Gasteiger partial charge >= 0.3 is 0 Å². The Morgan fingerprint density at radius 3 is 2.14 bits per heavy atom. The molecular weight excluding hydrogens is 174 g/mol. The maximum atomic E-state index is 9.86. The second kappa shape index (κ2) is 5.13. The van der Waals surface area contributed by atoms with E-state index in [1.807, 2.05) is 0 Å². The number of hydrogen-bond acceptors (Lipinski definition) is 2. The van der Waals surface area contributed by atoms with Gasteiger partial charge in [0.05, 0.1) is 6.10 Å². The minimum Gasteiger partial charge on any atom is -0.392 e. The highest BCUT2D eigenvalue weighted by atomic mass is 16.3. The molecule has 1 unspecified atom stereocenters. The molecule has 0 aromatic heterocycles. The van der Waals surface area contributed by atoms with Gasteiger partial charge in [-0.3, -0.25) is 0 Å². The van der Waals surface area contributed by atoms with Gasteiger partial charge in [-0.2, -0.15) is 0 Å². The van der Waals surface area contributed by atoms with Gasteiger partial charge < -0.3 is 10.0 Å². The lowest BCUT2D eigenvalue weighted by Crippen LogP contribution is -2.35. The fourth-order valence-electron chi connectivity index (χ4n) is 2.39. The zero-order valence-electron chi connectivity index (χ0n) is 9.12. The van der Waals surface area contributed by atoms with Gasteiger partial charge in [-0.05, 0) is 44.7 Å². The predicted molar refractivity (Wildman–Crippen MR) is 58.3 cm³/mol. The van der Waals surface area contributed by atoms with Gasteiger partial charge in [0.1, 0.15) is 0 Å². The van der Waals surface area contributed by atoms with Gasteiger partial charge in [0.25, 0.3) is 0 Å². The molecule has 2 rings (SSSR count). The molecule has 0 amide bonds. The van der Waals surface area contributed by atoms with Crippen molar-refractivity contribution in [3.05, 3.63) is 0 Å². The van der Waals surface area contributed by atoms with Gasteiger partial charge in [-0.25, -0.2) is 0 Å². The quantitative estimate of drug-likeness (QED) is 0.748. The molecule has 0 spiro atoms. The lowest BCUT2D eigenvalue weighted by Gasteiger charge is -2.26. The Balaban J connectivity index is 1.70. The average molecular weight is 197 g/mol. The molecule has 2 fully saturated rings. The van der Waals surface area contributed by atoms with Crippen molar-refractivity contribution in [1.82, 2.24) is 4.90 Å². The molecular formula is C12H23NO. The SMILES string of the molecule is OC(CN1CCCCCCC1)C1CC1. The Labute approximate surface area is 87.3 Å². The summed E-state index contributed by atoms with van der Waals surface area (Å²) in [4.78, 5) is 2.47. The summed E-state index contributed by atoms with van der Waals surface area (Å²) in [6.07, 6.45) is 9.33. The van der Waals surface area contributed by atoms with Crippen LogP contribution in [-0.2, 0) is 0 Å². The number of aliphatic hydroxyl groups excluding tert-OH is 1. The summed E-state index contributed by atoms with van der Waals surface area (Å²) < 4.78 is 0. The predicted octanol–water partition coefficient (Wildman–Crippen LogP) is 2.02. The molecule has 0 aromatic rings. The largest absolute Gasteiger partial charge is 0.392 e. The van der Waals surface area contributed by atoms with E-state index >= 15 is 0 Å². The zero-order valence-corrected chi connectivity index (χ0v) is 9.12. The molecule has 1 heterocycles. The fourth-order valence-corrected chi connectivity index (χ4v) is 2.39. The molecule has 2 nitrogen and oxygen atoms in total. The van der Waals surface area contributed by atoms with Crippen LogP contribution in [0.3, 0.4) is 0 Å². The lowest BCUT2D eigenvalue weighted by atomic mass is 10.1. The lowest BCUT2D eigenvalue weighted by molar-refractivity contribution is 0.0908. The molecule has 1 saturated carbocycles. The highest BCUT2D eigenvalue weighted by Gasteiger charge is 2.30. The summed E-state index contributed by atoms with van der Waals surface area (Å²) in [5.74, 6) is 0.639. The van der Waals surface area contributed by atoms with Crippen LogP contribution in [0.25, 0.3) is 0 Å². The van der Waals surface area contributed by atoms with E-state index < -0.39 is 0 Å². The van der Waals surface area contributed by atoms with E-state index in [2.05, 4.69) is 4.90 Å². The summed E-state index contributed by atoms with van der Waals surface area (Å²) in [6, 6.07) is 0. The van der Waals surface area contributed by atoms with Crippen LogP contribution in [-0.4, -0.2) is 35.7 Å². The maximum absolute atomic E-state index is 9.86. The van der Waals surface area contributed by atoms with Crippen LogP contribution in [0.5, 0.6) is 0 Å². The normalized spacial score (nSPS) is 28.1. The first-order valence-corrected chi connectivity index (χ1v) is 6.26. The van der Waals surface area contributed by atoms with E-state index in [1.165, 1.54) is 58.0 Å². The third-order valence-electron chi connectivity index (χ3n) is 3.56. The average Bonchev–Trinajstić information content (AvgIpc) is 2.91. The van der Waals surface area contributed by atoms with Crippen LogP contribution >= 0.6 is 0 Å². The van der Waals surface area contributed by atoms with Crippen molar-refractivity contribution in [2.45, 2.75) is 51.0 Å². The van der Waals surface area contributed by atoms with E-state index in [0.717, 1.165) is 6.54 Å². The molecule has 1 aliphatic heterocycles. The highest BCUT2D eigenvalue weighted by Crippen LogP contribution is 2.33. The van der Waals surface area contributed by atoms with E-state index in [9.17, 15) is 5.11 Å². The Bertz CT molecular complexity index is 160. The fraction of sp³-hybridized carbons (Fsp3) is 1.00.